The van der Waals surface area contributed by atoms with Crippen LogP contribution in [0.1, 0.15) is 76.7 Å². The van der Waals surface area contributed by atoms with Crippen molar-refractivity contribution < 1.29 is 23.9 Å². The topological polar surface area (TPSA) is 84.9 Å². The van der Waals surface area contributed by atoms with Crippen LogP contribution in [0.3, 0.4) is 0 Å². The average Bonchev–Trinajstić information content (AvgIpc) is 3.41. The highest BCUT2D eigenvalue weighted by atomic mass is 16.5. The largest absolute Gasteiger partial charge is 0.491 e. The van der Waals surface area contributed by atoms with Crippen LogP contribution >= 0.6 is 0 Å². The van der Waals surface area contributed by atoms with Crippen LogP contribution in [0.25, 0.3) is 0 Å². The van der Waals surface area contributed by atoms with E-state index in [2.05, 4.69) is 5.32 Å². The summed E-state index contributed by atoms with van der Waals surface area (Å²) >= 11 is 0. The van der Waals surface area contributed by atoms with Gasteiger partial charge in [0.15, 0.2) is 0 Å². The lowest BCUT2D eigenvalue weighted by molar-refractivity contribution is 0.0475. The van der Waals surface area contributed by atoms with E-state index in [9.17, 15) is 14.4 Å². The predicted octanol–water partition coefficient (Wildman–Crippen LogP) is 4.00. The van der Waals surface area contributed by atoms with Gasteiger partial charge in [-0.25, -0.2) is 0 Å². The second-order valence-electron chi connectivity index (χ2n) is 9.34. The Bertz CT molecular complexity index is 1060. The number of hydrogen-bond donors (Lipinski definition) is 1. The lowest BCUT2D eigenvalue weighted by atomic mass is 10.0. The normalized spacial score (nSPS) is 18.4. The van der Waals surface area contributed by atoms with E-state index < -0.39 is 0 Å². The molecule has 0 radical (unpaired) electrons. The Balaban J connectivity index is 1.33. The molecule has 34 heavy (non-hydrogen) atoms. The van der Waals surface area contributed by atoms with Gasteiger partial charge in [0.1, 0.15) is 5.75 Å². The summed E-state index contributed by atoms with van der Waals surface area (Å²) in [6.07, 6.45) is 3.40. The van der Waals surface area contributed by atoms with Gasteiger partial charge in [0, 0.05) is 18.2 Å². The van der Waals surface area contributed by atoms with E-state index in [1.165, 1.54) is 16.5 Å². The van der Waals surface area contributed by atoms with Crippen molar-refractivity contribution in [2.45, 2.75) is 64.7 Å². The van der Waals surface area contributed by atoms with Crippen LogP contribution < -0.4 is 10.1 Å². The molecule has 2 aliphatic rings. The van der Waals surface area contributed by atoms with Crippen LogP contribution in [-0.2, 0) is 11.2 Å². The summed E-state index contributed by atoms with van der Waals surface area (Å²) in [6, 6.07) is 12.7. The summed E-state index contributed by atoms with van der Waals surface area (Å²) in [5.74, 6) is -0.0865. The van der Waals surface area contributed by atoms with Crippen LogP contribution in [0.5, 0.6) is 5.75 Å². The maximum absolute atomic E-state index is 12.8. The fourth-order valence-corrected chi connectivity index (χ4v) is 4.36. The zero-order valence-electron chi connectivity index (χ0n) is 20.0. The molecular weight excluding hydrogens is 432 g/mol. The molecule has 7 heteroatoms. The lowest BCUT2D eigenvalue weighted by Gasteiger charge is -2.17. The minimum atomic E-state index is -0.358. The van der Waals surface area contributed by atoms with Gasteiger partial charge in [-0.1, -0.05) is 12.1 Å². The van der Waals surface area contributed by atoms with Crippen molar-refractivity contribution in [2.24, 2.45) is 0 Å². The SMILES string of the molecule is CC(CCc1ccc(OC(C)C)cc1)NC(=O)c1ccc2c(c1)C(=O)N(CC1CCCO1)C2=O. The van der Waals surface area contributed by atoms with Crippen molar-refractivity contribution >= 4 is 17.7 Å². The number of ether oxygens (including phenoxy) is 2. The van der Waals surface area contributed by atoms with Gasteiger partial charge in [0.25, 0.3) is 17.7 Å². The Labute approximate surface area is 200 Å². The van der Waals surface area contributed by atoms with Crippen LogP contribution in [-0.4, -0.2) is 54.0 Å². The average molecular weight is 465 g/mol. The van der Waals surface area contributed by atoms with Crippen LogP contribution in [0.4, 0.5) is 0 Å². The van der Waals surface area contributed by atoms with Crippen molar-refractivity contribution in [1.29, 1.82) is 0 Å². The van der Waals surface area contributed by atoms with E-state index in [4.69, 9.17) is 9.47 Å². The zero-order chi connectivity index (χ0) is 24.2. The fourth-order valence-electron chi connectivity index (χ4n) is 4.36. The summed E-state index contributed by atoms with van der Waals surface area (Å²) in [4.78, 5) is 39.6. The maximum atomic E-state index is 12.8. The van der Waals surface area contributed by atoms with Crippen molar-refractivity contribution in [3.05, 3.63) is 64.7 Å². The number of amides is 3. The molecule has 1 N–H and O–H groups in total. The summed E-state index contributed by atoms with van der Waals surface area (Å²) in [5, 5.41) is 3.00. The molecule has 1 fully saturated rings. The predicted molar refractivity (Wildman–Crippen MR) is 128 cm³/mol. The Morgan fingerprint density at radius 3 is 2.50 bits per heavy atom. The van der Waals surface area contributed by atoms with E-state index in [0.29, 0.717) is 17.7 Å². The third kappa shape index (κ3) is 5.47. The number of imide groups is 1. The molecule has 2 aromatic carbocycles. The number of rotatable bonds is 9. The molecule has 1 saturated heterocycles. The molecular formula is C27H32N2O5. The molecule has 0 saturated carbocycles. The molecule has 7 nitrogen and oxygen atoms in total. The van der Waals surface area contributed by atoms with E-state index in [1.807, 2.05) is 45.0 Å². The fraction of sp³-hybridized carbons (Fsp3) is 0.444. The Kier molecular flexibility index (Phi) is 7.32. The van der Waals surface area contributed by atoms with Gasteiger partial charge in [0.05, 0.1) is 29.9 Å². The zero-order valence-corrected chi connectivity index (χ0v) is 20.0. The standard InChI is InChI=1S/C27H32N2O5/c1-17(2)34-21-11-8-19(9-12-21)7-6-18(3)28-25(30)20-10-13-23-24(15-20)27(32)29(26(23)31)16-22-5-4-14-33-22/h8-13,15,17-18,22H,4-7,14,16H2,1-3H3,(H,28,30). The second-order valence-corrected chi connectivity index (χ2v) is 9.34. The van der Waals surface area contributed by atoms with Gasteiger partial charge in [-0.05, 0) is 82.3 Å². The highest BCUT2D eigenvalue weighted by Crippen LogP contribution is 2.26. The highest BCUT2D eigenvalue weighted by Gasteiger charge is 2.38. The van der Waals surface area contributed by atoms with Crippen LogP contribution in [0.15, 0.2) is 42.5 Å². The van der Waals surface area contributed by atoms with E-state index in [1.54, 1.807) is 12.1 Å². The highest BCUT2D eigenvalue weighted by molar-refractivity contribution is 6.22. The van der Waals surface area contributed by atoms with E-state index in [0.717, 1.165) is 31.4 Å². The molecule has 4 rings (SSSR count). The van der Waals surface area contributed by atoms with Crippen LogP contribution in [0, 0.1) is 0 Å². The third-order valence-electron chi connectivity index (χ3n) is 6.18. The minimum Gasteiger partial charge on any atom is -0.491 e. The molecule has 2 atom stereocenters. The first-order valence-corrected chi connectivity index (χ1v) is 12.0. The number of aryl methyl sites for hydroxylation is 1. The smallest absolute Gasteiger partial charge is 0.261 e. The molecule has 2 unspecified atom stereocenters. The summed E-state index contributed by atoms with van der Waals surface area (Å²) < 4.78 is 11.2. The minimum absolute atomic E-state index is 0.0549. The molecule has 0 aromatic heterocycles. The maximum Gasteiger partial charge on any atom is 0.261 e. The number of carbonyl (C=O) groups excluding carboxylic acids is 3. The molecule has 0 aliphatic carbocycles. The Hall–Kier alpha value is -3.19. The molecule has 2 aliphatic heterocycles. The quantitative estimate of drug-likeness (QED) is 0.567. The van der Waals surface area contributed by atoms with Crippen molar-refractivity contribution in [3.63, 3.8) is 0 Å². The van der Waals surface area contributed by atoms with Crippen molar-refractivity contribution in [3.8, 4) is 5.75 Å². The van der Waals surface area contributed by atoms with Gasteiger partial charge in [0.2, 0.25) is 0 Å². The third-order valence-corrected chi connectivity index (χ3v) is 6.18. The molecule has 0 bridgehead atoms. The van der Waals surface area contributed by atoms with Gasteiger partial charge in [-0.15, -0.1) is 0 Å². The number of nitrogens with zero attached hydrogens (tertiary/aromatic N) is 1. The van der Waals surface area contributed by atoms with Gasteiger partial charge < -0.3 is 14.8 Å². The molecule has 180 valence electrons. The number of hydrogen-bond acceptors (Lipinski definition) is 5. The molecule has 2 aromatic rings. The summed E-state index contributed by atoms with van der Waals surface area (Å²) in [7, 11) is 0. The Morgan fingerprint density at radius 1 is 1.09 bits per heavy atom. The number of benzene rings is 2. The van der Waals surface area contributed by atoms with Crippen molar-refractivity contribution in [1.82, 2.24) is 10.2 Å². The Morgan fingerprint density at radius 2 is 1.82 bits per heavy atom. The van der Waals surface area contributed by atoms with Gasteiger partial charge in [-0.3, -0.25) is 19.3 Å². The first kappa shape index (κ1) is 24.0. The molecule has 2 heterocycles. The summed E-state index contributed by atoms with van der Waals surface area (Å²) in [6.45, 7) is 6.87. The lowest BCUT2D eigenvalue weighted by Crippen LogP contribution is -2.36. The summed E-state index contributed by atoms with van der Waals surface area (Å²) in [5.41, 5.74) is 2.18. The van der Waals surface area contributed by atoms with Gasteiger partial charge in [-0.2, -0.15) is 0 Å². The first-order chi connectivity index (χ1) is 16.3. The monoisotopic (exact) mass is 464 g/mol. The van der Waals surface area contributed by atoms with Gasteiger partial charge >= 0.3 is 0 Å². The van der Waals surface area contributed by atoms with Crippen molar-refractivity contribution in [2.75, 3.05) is 13.2 Å². The number of carbonyl (C=O) groups is 3. The first-order valence-electron chi connectivity index (χ1n) is 12.0. The molecule has 3 amide bonds. The van der Waals surface area contributed by atoms with E-state index >= 15 is 0 Å². The second kappa shape index (κ2) is 10.4. The number of nitrogens with one attached hydrogen (secondary N) is 1. The van der Waals surface area contributed by atoms with E-state index in [-0.39, 0.29) is 48.1 Å². The molecule has 0 spiro atoms. The van der Waals surface area contributed by atoms with Crippen LogP contribution in [0.2, 0.25) is 0 Å². The number of fused-ring (bicyclic) bond motifs is 1.